The molecule has 4 nitrogen and oxygen atoms in total. The van der Waals surface area contributed by atoms with E-state index >= 15 is 0 Å². The zero-order valence-corrected chi connectivity index (χ0v) is 12.4. The van der Waals surface area contributed by atoms with Crippen molar-refractivity contribution >= 4 is 5.91 Å². The highest BCUT2D eigenvalue weighted by Gasteiger charge is 2.29. The van der Waals surface area contributed by atoms with Crippen LogP contribution in [0.1, 0.15) is 39.5 Å². The number of hydrogen-bond donors (Lipinski definition) is 1. The largest absolute Gasteiger partial charge is 0.377 e. The first-order chi connectivity index (χ1) is 9.22. The third-order valence-electron chi connectivity index (χ3n) is 4.66. The Morgan fingerprint density at radius 1 is 1.53 bits per heavy atom. The number of nitrogens with one attached hydrogen (secondary N) is 1. The Bertz CT molecular complexity index is 290. The number of carbonyl (C=O) groups is 1. The highest BCUT2D eigenvalue weighted by molar-refractivity contribution is 5.77. The van der Waals surface area contributed by atoms with E-state index in [1.165, 1.54) is 12.8 Å². The number of rotatable bonds is 4. The molecule has 19 heavy (non-hydrogen) atoms. The van der Waals surface area contributed by atoms with E-state index in [9.17, 15) is 4.79 Å². The van der Waals surface area contributed by atoms with Crippen LogP contribution in [0.5, 0.6) is 0 Å². The SMILES string of the molecule is CCC1COCCN1C(=O)CC(C)C1CCCNC1. The molecule has 0 aromatic carbocycles. The second-order valence-corrected chi connectivity index (χ2v) is 6.01. The van der Waals surface area contributed by atoms with Gasteiger partial charge in [-0.3, -0.25) is 4.79 Å². The second-order valence-electron chi connectivity index (χ2n) is 6.01. The minimum atomic E-state index is 0.290. The van der Waals surface area contributed by atoms with Gasteiger partial charge in [-0.2, -0.15) is 0 Å². The summed E-state index contributed by atoms with van der Waals surface area (Å²) >= 11 is 0. The molecule has 2 fully saturated rings. The van der Waals surface area contributed by atoms with Gasteiger partial charge in [-0.1, -0.05) is 13.8 Å². The number of carbonyl (C=O) groups excluding carboxylic acids is 1. The molecule has 0 aliphatic carbocycles. The second kappa shape index (κ2) is 7.25. The van der Waals surface area contributed by atoms with E-state index in [4.69, 9.17) is 4.74 Å². The summed E-state index contributed by atoms with van der Waals surface area (Å²) in [5, 5.41) is 3.44. The molecule has 0 saturated carbocycles. The van der Waals surface area contributed by atoms with Gasteiger partial charge in [0.25, 0.3) is 0 Å². The molecule has 0 aromatic heterocycles. The molecule has 1 amide bonds. The summed E-state index contributed by atoms with van der Waals surface area (Å²) in [6.45, 7) is 8.76. The standard InChI is InChI=1S/C15H28N2O2/c1-3-14-11-19-8-7-17(14)15(18)9-12(2)13-5-4-6-16-10-13/h12-14,16H,3-11H2,1-2H3. The fourth-order valence-electron chi connectivity index (χ4n) is 3.25. The Morgan fingerprint density at radius 3 is 3.05 bits per heavy atom. The Hall–Kier alpha value is -0.610. The lowest BCUT2D eigenvalue weighted by Gasteiger charge is -2.37. The van der Waals surface area contributed by atoms with Gasteiger partial charge in [0, 0.05) is 13.0 Å². The number of nitrogens with zero attached hydrogens (tertiary/aromatic N) is 1. The predicted molar refractivity (Wildman–Crippen MR) is 76.0 cm³/mol. The van der Waals surface area contributed by atoms with E-state index < -0.39 is 0 Å². The van der Waals surface area contributed by atoms with Crippen LogP contribution in [0, 0.1) is 11.8 Å². The molecule has 2 heterocycles. The molecule has 3 unspecified atom stereocenters. The maximum absolute atomic E-state index is 12.5. The van der Waals surface area contributed by atoms with Crippen LogP contribution in [0.3, 0.4) is 0 Å². The maximum Gasteiger partial charge on any atom is 0.223 e. The van der Waals surface area contributed by atoms with E-state index in [-0.39, 0.29) is 6.04 Å². The van der Waals surface area contributed by atoms with Crippen LogP contribution < -0.4 is 5.32 Å². The average Bonchev–Trinajstić information content (AvgIpc) is 2.48. The van der Waals surface area contributed by atoms with Crippen LogP contribution in [-0.4, -0.2) is 49.7 Å². The van der Waals surface area contributed by atoms with Crippen LogP contribution in [0.15, 0.2) is 0 Å². The van der Waals surface area contributed by atoms with Crippen LogP contribution >= 0.6 is 0 Å². The van der Waals surface area contributed by atoms with Gasteiger partial charge in [0.2, 0.25) is 5.91 Å². The topological polar surface area (TPSA) is 41.6 Å². The molecule has 0 aromatic rings. The van der Waals surface area contributed by atoms with Crippen molar-refractivity contribution in [1.29, 1.82) is 0 Å². The molecule has 2 aliphatic rings. The fraction of sp³-hybridized carbons (Fsp3) is 0.933. The van der Waals surface area contributed by atoms with Crippen LogP contribution in [0.25, 0.3) is 0 Å². The molecule has 1 N–H and O–H groups in total. The van der Waals surface area contributed by atoms with E-state index in [2.05, 4.69) is 24.1 Å². The zero-order valence-electron chi connectivity index (χ0n) is 12.4. The number of morpholine rings is 1. The highest BCUT2D eigenvalue weighted by atomic mass is 16.5. The maximum atomic E-state index is 12.5. The molecular formula is C15H28N2O2. The van der Waals surface area contributed by atoms with E-state index in [1.807, 2.05) is 0 Å². The summed E-state index contributed by atoms with van der Waals surface area (Å²) in [7, 11) is 0. The molecule has 3 atom stereocenters. The normalized spacial score (nSPS) is 30.1. The van der Waals surface area contributed by atoms with E-state index in [1.54, 1.807) is 0 Å². The first-order valence-corrected chi connectivity index (χ1v) is 7.80. The number of amides is 1. The first-order valence-electron chi connectivity index (χ1n) is 7.80. The average molecular weight is 268 g/mol. The Labute approximate surface area is 116 Å². The van der Waals surface area contributed by atoms with Crippen molar-refractivity contribution in [3.05, 3.63) is 0 Å². The monoisotopic (exact) mass is 268 g/mol. The number of hydrogen-bond acceptors (Lipinski definition) is 3. The fourth-order valence-corrected chi connectivity index (χ4v) is 3.25. The van der Waals surface area contributed by atoms with Gasteiger partial charge in [0.1, 0.15) is 0 Å². The highest BCUT2D eigenvalue weighted by Crippen LogP contribution is 2.24. The smallest absolute Gasteiger partial charge is 0.223 e. The lowest BCUT2D eigenvalue weighted by Crippen LogP contribution is -2.49. The molecule has 0 radical (unpaired) electrons. The first kappa shape index (κ1) is 14.8. The van der Waals surface area contributed by atoms with Crippen molar-refractivity contribution in [2.24, 2.45) is 11.8 Å². The third-order valence-corrected chi connectivity index (χ3v) is 4.66. The summed E-state index contributed by atoms with van der Waals surface area (Å²) < 4.78 is 5.47. The van der Waals surface area contributed by atoms with Crippen LogP contribution in [0.4, 0.5) is 0 Å². The lowest BCUT2D eigenvalue weighted by atomic mass is 9.85. The van der Waals surface area contributed by atoms with Crippen molar-refractivity contribution in [3.8, 4) is 0 Å². The van der Waals surface area contributed by atoms with Gasteiger partial charge < -0.3 is 15.0 Å². The van der Waals surface area contributed by atoms with Crippen molar-refractivity contribution in [2.75, 3.05) is 32.8 Å². The third kappa shape index (κ3) is 3.93. The summed E-state index contributed by atoms with van der Waals surface area (Å²) in [5.41, 5.74) is 0. The van der Waals surface area contributed by atoms with Crippen molar-refractivity contribution in [3.63, 3.8) is 0 Å². The molecule has 110 valence electrons. The summed E-state index contributed by atoms with van der Waals surface area (Å²) in [5.74, 6) is 1.48. The molecular weight excluding hydrogens is 240 g/mol. The van der Waals surface area contributed by atoms with Gasteiger partial charge in [-0.05, 0) is 44.2 Å². The lowest BCUT2D eigenvalue weighted by molar-refractivity contribution is -0.141. The molecule has 4 heteroatoms. The molecule has 2 rings (SSSR count). The molecule has 0 spiro atoms. The predicted octanol–water partition coefficient (Wildman–Crippen LogP) is 1.65. The van der Waals surface area contributed by atoms with Gasteiger partial charge in [0.15, 0.2) is 0 Å². The number of piperidine rings is 1. The van der Waals surface area contributed by atoms with Crippen molar-refractivity contribution in [2.45, 2.75) is 45.6 Å². The van der Waals surface area contributed by atoms with Gasteiger partial charge in [-0.25, -0.2) is 0 Å². The van der Waals surface area contributed by atoms with Crippen LogP contribution in [0.2, 0.25) is 0 Å². The summed E-state index contributed by atoms with van der Waals surface area (Å²) in [4.78, 5) is 14.5. The summed E-state index contributed by atoms with van der Waals surface area (Å²) in [6, 6.07) is 0.290. The molecule has 2 aliphatic heterocycles. The van der Waals surface area contributed by atoms with Crippen molar-refractivity contribution < 1.29 is 9.53 Å². The van der Waals surface area contributed by atoms with Gasteiger partial charge >= 0.3 is 0 Å². The van der Waals surface area contributed by atoms with E-state index in [0.29, 0.717) is 37.4 Å². The Morgan fingerprint density at radius 2 is 2.37 bits per heavy atom. The van der Waals surface area contributed by atoms with Crippen LogP contribution in [-0.2, 0) is 9.53 Å². The Balaban J connectivity index is 1.84. The quantitative estimate of drug-likeness (QED) is 0.843. The molecule has 0 bridgehead atoms. The van der Waals surface area contributed by atoms with Gasteiger partial charge in [0.05, 0.1) is 19.3 Å². The minimum Gasteiger partial charge on any atom is -0.377 e. The van der Waals surface area contributed by atoms with Gasteiger partial charge in [-0.15, -0.1) is 0 Å². The number of ether oxygens (including phenoxy) is 1. The minimum absolute atomic E-state index is 0.290. The van der Waals surface area contributed by atoms with E-state index in [0.717, 1.165) is 26.1 Å². The Kier molecular flexibility index (Phi) is 5.64. The summed E-state index contributed by atoms with van der Waals surface area (Å²) in [6.07, 6.45) is 4.20. The molecule has 2 saturated heterocycles. The zero-order chi connectivity index (χ0) is 13.7. The van der Waals surface area contributed by atoms with Crippen molar-refractivity contribution in [1.82, 2.24) is 10.2 Å².